The number of hydrogen-bond acceptors (Lipinski definition) is 6. The molecule has 1 saturated carbocycles. The molecule has 6 nitrogen and oxygen atoms in total. The van der Waals surface area contributed by atoms with Crippen LogP contribution in [0.4, 0.5) is 0 Å². The molecule has 1 aliphatic carbocycles. The van der Waals surface area contributed by atoms with Crippen LogP contribution in [0.3, 0.4) is 0 Å². The normalized spacial score (nSPS) is 13.8. The third-order valence-corrected chi connectivity index (χ3v) is 59.4. The van der Waals surface area contributed by atoms with Gasteiger partial charge in [0.1, 0.15) is 24.2 Å². The summed E-state index contributed by atoms with van der Waals surface area (Å²) in [4.78, 5) is 27.6. The first kappa shape index (κ1) is 86.1. The number of rotatable bonds is 22. The number of aromatic nitrogens is 6. The summed E-state index contributed by atoms with van der Waals surface area (Å²) in [6.07, 6.45) is 17.2. The fourth-order valence-electron chi connectivity index (χ4n) is 17.6. The molecule has 0 spiro atoms. The van der Waals surface area contributed by atoms with E-state index in [9.17, 15) is 0 Å². The number of benzene rings is 13. The Bertz CT molecular complexity index is 8060. The molecule has 0 saturated heterocycles. The average Bonchev–Trinajstić information content (AvgIpc) is 1.06. The Labute approximate surface area is 937 Å². The first-order valence-electron chi connectivity index (χ1n) is 57.8. The van der Waals surface area contributed by atoms with Crippen LogP contribution in [0.25, 0.3) is 78.7 Å². The van der Waals surface area contributed by atoms with Gasteiger partial charge in [-0.3, -0.25) is 0 Å². The van der Waals surface area contributed by atoms with E-state index < -0.39 is 64.0 Å². The van der Waals surface area contributed by atoms with E-state index in [0.717, 1.165) is 17.7 Å². The van der Waals surface area contributed by atoms with Gasteiger partial charge in [0.05, 0.1) is 0 Å². The molecule has 19 aromatic rings. The zero-order valence-electron chi connectivity index (χ0n) is 104. The molecule has 13 aromatic carbocycles. The Morgan fingerprint density at radius 3 is 0.958 bits per heavy atom. The van der Waals surface area contributed by atoms with Gasteiger partial charge in [-0.1, -0.05) is 182 Å². The Kier molecular flexibility index (Phi) is 31.9. The summed E-state index contributed by atoms with van der Waals surface area (Å²) in [5, 5.41) is 7.46. The van der Waals surface area contributed by atoms with Gasteiger partial charge in [-0.25, -0.2) is 0 Å². The minimum Gasteiger partial charge on any atom is 0 e. The van der Waals surface area contributed by atoms with Gasteiger partial charge >= 0.3 is 489 Å². The second-order valence-electron chi connectivity index (χ2n) is 38.5. The van der Waals surface area contributed by atoms with Crippen molar-refractivity contribution in [1.29, 1.82) is 0 Å². The minimum absolute atomic E-state index is 0. The van der Waals surface area contributed by atoms with Crippen LogP contribution in [0.5, 0.6) is 0 Å². The second kappa shape index (κ2) is 53.4. The SMILES string of the molecule is [2H]c1[c-]c(-c2cc(C3CCCC3)[c]([Ge]([CH3])([CH3])[c]3ccccc3)cn2)c([2H])c([2H])c1[2H].[2H]c1[c-]c(-c2cc(CC(C)C)[c]([Ge]([CH3])([CH3])[c]3ccccc3)cn2)c([2H])c([2H])c1[2H].[2H]c1[c-]c(-c2ccc([Si](C)(C)c3ccccc3)cn2)c([2H])c([2H])c1[2H].[2H]c1[c-]c(-c2ccc([Si](C)(C)c3ccccc3)cn2)c([2H])c([2H])c1[2H].[2H]c1[c-]c(-c2ccc([Si](C)(C)c3ccccc3)cn2)c([2H])c([2H])c1[2H].[CH3][Ge]([CH3])([c]1ccccc1)[c]1ccc(-c2[c-]ccc(-c3ccccc3)c2)nc1.[Ir].[Ir].[Ir]. The van der Waals surface area contributed by atoms with Crippen molar-refractivity contribution in [2.45, 2.75) is 126 Å². The van der Waals surface area contributed by atoms with Crippen molar-refractivity contribution in [3.63, 3.8) is 0 Å². The summed E-state index contributed by atoms with van der Waals surface area (Å²) in [7, 11) is -5.54. The topological polar surface area (TPSA) is 77.3 Å². The first-order chi connectivity index (χ1) is 76.5. The number of pyridine rings is 6. The van der Waals surface area contributed by atoms with Gasteiger partial charge in [-0.15, -0.1) is 107 Å². The molecule has 15 heteroatoms. The fourth-order valence-corrected chi connectivity index (χ4v) is 40.4. The van der Waals surface area contributed by atoms with Gasteiger partial charge in [-0.05, 0) is 40.9 Å². The summed E-state index contributed by atoms with van der Waals surface area (Å²) in [5.74, 6) is 15.4. The van der Waals surface area contributed by atoms with Crippen molar-refractivity contribution in [3.8, 4) is 78.7 Å². The molecule has 1 fully saturated rings. The van der Waals surface area contributed by atoms with E-state index in [1.54, 1.807) is 0 Å². The van der Waals surface area contributed by atoms with Gasteiger partial charge in [-0.2, -0.15) is 0 Å². The van der Waals surface area contributed by atoms with Gasteiger partial charge in [0.15, 0.2) is 0 Å². The smallest absolute Gasteiger partial charge is 0 e. The molecule has 3 radical (unpaired) electrons. The average molecular weight is 2660 g/mol. The maximum Gasteiger partial charge on any atom is 0 e. The summed E-state index contributed by atoms with van der Waals surface area (Å²) in [6, 6.07) is 113. The van der Waals surface area contributed by atoms with E-state index in [2.05, 4.69) is 326 Å². The first-order valence-corrected chi connectivity index (χ1v) is 75.7. The molecule has 0 bridgehead atoms. The van der Waals surface area contributed by atoms with Crippen molar-refractivity contribution in [3.05, 3.63) is 497 Å². The van der Waals surface area contributed by atoms with E-state index in [0.29, 0.717) is 68.1 Å². The van der Waals surface area contributed by atoms with Crippen LogP contribution in [0.15, 0.2) is 449 Å². The molecule has 144 heavy (non-hydrogen) atoms. The van der Waals surface area contributed by atoms with Crippen LogP contribution in [0, 0.1) is 42.3 Å². The van der Waals surface area contributed by atoms with Gasteiger partial charge in [0, 0.05) is 87.1 Å². The molecule has 0 amide bonds. The predicted molar refractivity (Wildman–Crippen MR) is 615 cm³/mol. The molecule has 0 unspecified atom stereocenters. The summed E-state index contributed by atoms with van der Waals surface area (Å²) in [6.45, 7) is 18.0. The molecule has 731 valence electrons. The van der Waals surface area contributed by atoms with Crippen LogP contribution in [-0.2, 0) is 66.7 Å². The molecule has 1 aliphatic rings. The van der Waals surface area contributed by atoms with Crippen molar-refractivity contribution < 1.29 is 87.7 Å². The largest absolute Gasteiger partial charge is 0 e. The van der Waals surface area contributed by atoms with Crippen LogP contribution in [0.2, 0.25) is 73.8 Å². The van der Waals surface area contributed by atoms with Crippen molar-refractivity contribution >= 4 is 122 Å². The minimum atomic E-state index is -2.57. The zero-order chi connectivity index (χ0) is 116. The van der Waals surface area contributed by atoms with Gasteiger partial charge in [0.2, 0.25) is 0 Å². The van der Waals surface area contributed by atoms with Gasteiger partial charge in [0.25, 0.3) is 0 Å². The standard InChI is InChI=1S/C25H22GeN.C24H26GeN.C23H26GeN.3C19H18NSi.3Ir/c1-26(2,23-14-7-4-8-15-23)24-16-17-25(27-19-24)22-13-9-12-21(18-22)20-10-5-3-6-11-20;1-25(2,21-15-7-4-8-16-21)23-18-26-24(20-13-5-3-6-14-20)17-22(23)19-11-9-10-12-19;1-18(2)15-20-16-23(19-11-7-5-8-12-19)25-17-22(20)24(3,4)21-13-9-6-10-14-21;3*1-21(2,17-11-7-4-8-12-17)18-13-14-19(20-15-18)16-9-5-3-6-10-16;;;/h3-12,14-19H,1-2H3;3-8,13,15-19H,9-12H2,1-2H3;5-11,13-14,16-18H,15H2,1-4H3;3*3-9,11-15H,1-2H3;;;/q6*-1;;;/i;3D,5D,6D,13D;5D,7D,8D,11D;3*3D,5D,6D,9D;;;. The molecule has 0 N–H and O–H groups in total. The molecule has 6 aromatic heterocycles. The Hall–Kier alpha value is -11.0. The summed E-state index contributed by atoms with van der Waals surface area (Å²) < 4.78 is 166. The number of nitrogens with zero attached hydrogens (tertiary/aromatic N) is 6. The summed E-state index contributed by atoms with van der Waals surface area (Å²) >= 11 is -7.42. The maximum atomic E-state index is 8.31. The van der Waals surface area contributed by atoms with E-state index in [1.807, 2.05) is 146 Å². The third kappa shape index (κ3) is 29.1. The van der Waals surface area contributed by atoms with Gasteiger partial charge < -0.3 is 15.0 Å². The van der Waals surface area contributed by atoms with Crippen molar-refractivity contribution in [2.24, 2.45) is 5.92 Å². The van der Waals surface area contributed by atoms with Crippen LogP contribution in [0.1, 0.15) is 84.0 Å². The third-order valence-electron chi connectivity index (χ3n) is 26.6. The second-order valence-corrected chi connectivity index (χ2v) is 79.3. The van der Waals surface area contributed by atoms with Crippen LogP contribution >= 0.6 is 0 Å². The fraction of sp³-hybridized carbons (Fsp3) is 0.163. The predicted octanol–water partition coefficient (Wildman–Crippen LogP) is 24.7. The Balaban J connectivity index is 0.000000172. The molecule has 6 heterocycles. The quantitative estimate of drug-likeness (QED) is 0.0497. The van der Waals surface area contributed by atoms with E-state index in [1.165, 1.54) is 105 Å². The molecule has 0 aliphatic heterocycles. The van der Waals surface area contributed by atoms with Crippen LogP contribution in [-0.4, -0.2) is 93.9 Å². The summed E-state index contributed by atoms with van der Waals surface area (Å²) in [5.41, 5.74) is 11.2. The van der Waals surface area contributed by atoms with Crippen molar-refractivity contribution in [1.82, 2.24) is 29.9 Å². The monoisotopic (exact) mass is 2670 g/mol. The van der Waals surface area contributed by atoms with E-state index in [-0.39, 0.29) is 181 Å². The van der Waals surface area contributed by atoms with Crippen molar-refractivity contribution in [2.75, 3.05) is 0 Å². The van der Waals surface area contributed by atoms with E-state index >= 15 is 0 Å². The molecule has 20 rings (SSSR count). The van der Waals surface area contributed by atoms with Crippen LogP contribution < -0.4 is 57.5 Å². The Morgan fingerprint density at radius 2 is 0.604 bits per heavy atom. The number of hydrogen-bond donors (Lipinski definition) is 0. The molecular formula is C129H128Ge3Ir3N6Si3-6. The maximum absolute atomic E-state index is 8.31. The Morgan fingerprint density at radius 1 is 0.292 bits per heavy atom. The zero-order valence-corrected chi connectivity index (χ0v) is 100. The molecule has 0 atom stereocenters. The molecular weight excluding hydrogens is 2510 g/mol. The van der Waals surface area contributed by atoms with E-state index in [4.69, 9.17) is 37.4 Å².